The SMILES string of the molecule is COC(C)CNC(CN)CC(C)(C)OC. The predicted molar refractivity (Wildman–Crippen MR) is 63.0 cm³/mol. The zero-order valence-corrected chi connectivity index (χ0v) is 10.7. The molecule has 0 rings (SSSR count). The summed E-state index contributed by atoms with van der Waals surface area (Å²) in [7, 11) is 3.44. The van der Waals surface area contributed by atoms with E-state index in [9.17, 15) is 0 Å². The van der Waals surface area contributed by atoms with Crippen LogP contribution < -0.4 is 11.1 Å². The summed E-state index contributed by atoms with van der Waals surface area (Å²) in [6, 6.07) is 0.276. The summed E-state index contributed by atoms with van der Waals surface area (Å²) in [5, 5.41) is 3.38. The van der Waals surface area contributed by atoms with Gasteiger partial charge in [-0.1, -0.05) is 0 Å². The van der Waals surface area contributed by atoms with Crippen LogP contribution in [0.3, 0.4) is 0 Å². The van der Waals surface area contributed by atoms with E-state index in [0.29, 0.717) is 6.54 Å². The molecule has 0 saturated carbocycles. The lowest BCUT2D eigenvalue weighted by atomic mass is 9.98. The molecule has 92 valence electrons. The minimum atomic E-state index is -0.132. The van der Waals surface area contributed by atoms with E-state index in [1.807, 2.05) is 6.92 Å². The van der Waals surface area contributed by atoms with Crippen LogP contribution in [-0.4, -0.2) is 45.1 Å². The van der Waals surface area contributed by atoms with E-state index in [0.717, 1.165) is 13.0 Å². The number of nitrogens with one attached hydrogen (secondary N) is 1. The molecule has 0 aromatic heterocycles. The fourth-order valence-electron chi connectivity index (χ4n) is 1.33. The van der Waals surface area contributed by atoms with Crippen molar-refractivity contribution in [1.82, 2.24) is 5.32 Å². The average Bonchev–Trinajstić information content (AvgIpc) is 2.23. The lowest BCUT2D eigenvalue weighted by Gasteiger charge is -2.29. The van der Waals surface area contributed by atoms with Crippen LogP contribution in [0.2, 0.25) is 0 Å². The summed E-state index contributed by atoms with van der Waals surface area (Å²) in [5.74, 6) is 0. The van der Waals surface area contributed by atoms with Gasteiger partial charge in [0.2, 0.25) is 0 Å². The highest BCUT2D eigenvalue weighted by Crippen LogP contribution is 2.15. The van der Waals surface area contributed by atoms with Crippen LogP contribution in [0.15, 0.2) is 0 Å². The van der Waals surface area contributed by atoms with Crippen molar-refractivity contribution in [3.05, 3.63) is 0 Å². The van der Waals surface area contributed by atoms with Crippen molar-refractivity contribution in [3.8, 4) is 0 Å². The minimum Gasteiger partial charge on any atom is -0.380 e. The maximum absolute atomic E-state index is 5.70. The molecule has 0 amide bonds. The maximum atomic E-state index is 5.70. The molecule has 15 heavy (non-hydrogen) atoms. The van der Waals surface area contributed by atoms with Crippen LogP contribution in [0.4, 0.5) is 0 Å². The summed E-state index contributed by atoms with van der Waals surface area (Å²) in [6.45, 7) is 7.59. The molecule has 0 aliphatic carbocycles. The van der Waals surface area contributed by atoms with Crippen LogP contribution in [0.1, 0.15) is 27.2 Å². The first-order chi connectivity index (χ1) is 6.95. The minimum absolute atomic E-state index is 0.132. The number of methoxy groups -OCH3 is 2. The molecule has 0 aliphatic rings. The normalized spacial score (nSPS) is 16.4. The summed E-state index contributed by atoms with van der Waals surface area (Å²) >= 11 is 0. The van der Waals surface area contributed by atoms with Crippen molar-refractivity contribution < 1.29 is 9.47 Å². The van der Waals surface area contributed by atoms with Crippen LogP contribution in [0.25, 0.3) is 0 Å². The summed E-state index contributed by atoms with van der Waals surface area (Å²) in [4.78, 5) is 0. The Kier molecular flexibility index (Phi) is 7.09. The maximum Gasteiger partial charge on any atom is 0.0667 e. The molecule has 4 heteroatoms. The van der Waals surface area contributed by atoms with E-state index in [4.69, 9.17) is 15.2 Å². The molecule has 0 aromatic rings. The van der Waals surface area contributed by atoms with Crippen LogP contribution in [-0.2, 0) is 9.47 Å². The third-order valence-electron chi connectivity index (χ3n) is 2.67. The van der Waals surface area contributed by atoms with Gasteiger partial charge >= 0.3 is 0 Å². The van der Waals surface area contributed by atoms with Gasteiger partial charge in [-0.3, -0.25) is 0 Å². The smallest absolute Gasteiger partial charge is 0.0667 e. The Bertz CT molecular complexity index is 163. The number of hydrogen-bond acceptors (Lipinski definition) is 4. The lowest BCUT2D eigenvalue weighted by Crippen LogP contribution is -2.44. The molecule has 2 atom stereocenters. The van der Waals surface area contributed by atoms with E-state index in [-0.39, 0.29) is 17.7 Å². The van der Waals surface area contributed by atoms with Gasteiger partial charge < -0.3 is 20.5 Å². The Morgan fingerprint density at radius 1 is 1.33 bits per heavy atom. The van der Waals surface area contributed by atoms with Gasteiger partial charge in [0.1, 0.15) is 0 Å². The van der Waals surface area contributed by atoms with Gasteiger partial charge in [0, 0.05) is 33.4 Å². The number of rotatable bonds is 8. The highest BCUT2D eigenvalue weighted by Gasteiger charge is 2.21. The molecule has 4 nitrogen and oxygen atoms in total. The number of nitrogens with two attached hydrogens (primary N) is 1. The van der Waals surface area contributed by atoms with E-state index >= 15 is 0 Å². The van der Waals surface area contributed by atoms with E-state index in [1.54, 1.807) is 14.2 Å². The molecule has 3 N–H and O–H groups in total. The molecule has 0 saturated heterocycles. The zero-order chi connectivity index (χ0) is 11.9. The first-order valence-corrected chi connectivity index (χ1v) is 5.46. The standard InChI is InChI=1S/C11H26N2O2/c1-9(14-4)8-13-10(7-12)6-11(2,3)15-5/h9-10,13H,6-8,12H2,1-5H3. The molecule has 0 fully saturated rings. The van der Waals surface area contributed by atoms with Crippen molar-refractivity contribution in [3.63, 3.8) is 0 Å². The molecule has 0 spiro atoms. The molecule has 0 heterocycles. The molecule has 2 unspecified atom stereocenters. The quantitative estimate of drug-likeness (QED) is 0.631. The van der Waals surface area contributed by atoms with Crippen molar-refractivity contribution in [2.45, 2.75) is 44.9 Å². The summed E-state index contributed by atoms with van der Waals surface area (Å²) in [5.41, 5.74) is 5.57. The van der Waals surface area contributed by atoms with Crippen LogP contribution in [0, 0.1) is 0 Å². The van der Waals surface area contributed by atoms with Gasteiger partial charge in [-0.05, 0) is 27.2 Å². The lowest BCUT2D eigenvalue weighted by molar-refractivity contribution is 0.00635. The van der Waals surface area contributed by atoms with Gasteiger partial charge in [-0.2, -0.15) is 0 Å². The Hall–Kier alpha value is -0.160. The van der Waals surface area contributed by atoms with Crippen molar-refractivity contribution in [1.29, 1.82) is 0 Å². The summed E-state index contributed by atoms with van der Waals surface area (Å²) < 4.78 is 10.5. The number of ether oxygens (including phenoxy) is 2. The second-order valence-corrected chi connectivity index (χ2v) is 4.56. The van der Waals surface area contributed by atoms with Crippen LogP contribution >= 0.6 is 0 Å². The molecule has 0 aliphatic heterocycles. The largest absolute Gasteiger partial charge is 0.380 e. The highest BCUT2D eigenvalue weighted by atomic mass is 16.5. The topological polar surface area (TPSA) is 56.5 Å². The molecular weight excluding hydrogens is 192 g/mol. The van der Waals surface area contributed by atoms with Gasteiger partial charge in [-0.15, -0.1) is 0 Å². The molecule has 0 radical (unpaired) electrons. The van der Waals surface area contributed by atoms with Gasteiger partial charge in [-0.25, -0.2) is 0 Å². The molecule has 0 aromatic carbocycles. The highest BCUT2D eigenvalue weighted by molar-refractivity contribution is 4.79. The molecule has 0 bridgehead atoms. The fourth-order valence-corrected chi connectivity index (χ4v) is 1.33. The Balaban J connectivity index is 3.93. The third kappa shape index (κ3) is 6.84. The average molecular weight is 218 g/mol. The Morgan fingerprint density at radius 2 is 1.93 bits per heavy atom. The van der Waals surface area contributed by atoms with E-state index in [2.05, 4.69) is 19.2 Å². The monoisotopic (exact) mass is 218 g/mol. The second-order valence-electron chi connectivity index (χ2n) is 4.56. The predicted octanol–water partition coefficient (Wildman–Crippen LogP) is 0.753. The van der Waals surface area contributed by atoms with Gasteiger partial charge in [0.05, 0.1) is 11.7 Å². The van der Waals surface area contributed by atoms with Crippen molar-refractivity contribution in [2.75, 3.05) is 27.3 Å². The molecular formula is C11H26N2O2. The summed E-state index contributed by atoms with van der Waals surface area (Å²) in [6.07, 6.45) is 1.11. The van der Waals surface area contributed by atoms with Gasteiger partial charge in [0.15, 0.2) is 0 Å². The first-order valence-electron chi connectivity index (χ1n) is 5.46. The van der Waals surface area contributed by atoms with Crippen molar-refractivity contribution >= 4 is 0 Å². The Morgan fingerprint density at radius 3 is 2.33 bits per heavy atom. The number of hydrogen-bond donors (Lipinski definition) is 2. The fraction of sp³-hybridized carbons (Fsp3) is 1.00. The Labute approximate surface area is 93.5 Å². The van der Waals surface area contributed by atoms with E-state index < -0.39 is 0 Å². The van der Waals surface area contributed by atoms with Crippen molar-refractivity contribution in [2.24, 2.45) is 5.73 Å². The third-order valence-corrected chi connectivity index (χ3v) is 2.67. The van der Waals surface area contributed by atoms with Gasteiger partial charge in [0.25, 0.3) is 0 Å². The first kappa shape index (κ1) is 14.8. The zero-order valence-electron chi connectivity index (χ0n) is 10.7. The van der Waals surface area contributed by atoms with E-state index in [1.165, 1.54) is 0 Å². The van der Waals surface area contributed by atoms with Crippen LogP contribution in [0.5, 0.6) is 0 Å². The second kappa shape index (κ2) is 7.17.